The number of benzene rings is 1. The fraction of sp³-hybridized carbons (Fsp3) is 0. The lowest BCUT2D eigenvalue weighted by molar-refractivity contribution is 0.0698. The summed E-state index contributed by atoms with van der Waals surface area (Å²) in [5.41, 5.74) is -0.000532. The summed E-state index contributed by atoms with van der Waals surface area (Å²) in [6.45, 7) is 0. The van der Waals surface area contributed by atoms with E-state index in [2.05, 4.69) is 10.3 Å². The van der Waals surface area contributed by atoms with E-state index in [1.54, 1.807) is 0 Å². The van der Waals surface area contributed by atoms with Crippen molar-refractivity contribution in [2.75, 3.05) is 5.32 Å². The van der Waals surface area contributed by atoms with Crippen LogP contribution in [0.1, 0.15) is 20.8 Å². The molecule has 104 valence electrons. The van der Waals surface area contributed by atoms with Crippen LogP contribution in [-0.2, 0) is 0 Å². The Morgan fingerprint density at radius 2 is 1.85 bits per heavy atom. The molecule has 0 saturated carbocycles. The minimum atomic E-state index is -1.24. The highest BCUT2D eigenvalue weighted by Crippen LogP contribution is 2.26. The van der Waals surface area contributed by atoms with Crippen molar-refractivity contribution in [2.24, 2.45) is 0 Å². The fourth-order valence-corrected chi connectivity index (χ4v) is 2.13. The summed E-state index contributed by atoms with van der Waals surface area (Å²) in [5.74, 6) is -1.82. The van der Waals surface area contributed by atoms with Gasteiger partial charge in [-0.2, -0.15) is 0 Å². The first-order valence-electron chi connectivity index (χ1n) is 5.27. The number of nitrogens with one attached hydrogen (secondary N) is 2. The topological polar surface area (TPSA) is 82.2 Å². The molecular formula is C12H7Cl3N2O3. The molecule has 1 amide bonds. The smallest absolute Gasteiger partial charge is 0.339 e. The Labute approximate surface area is 128 Å². The number of H-pyrrole nitrogens is 1. The van der Waals surface area contributed by atoms with Crippen molar-refractivity contribution >= 4 is 52.4 Å². The van der Waals surface area contributed by atoms with Crippen LogP contribution in [0.5, 0.6) is 0 Å². The average molecular weight is 334 g/mol. The Bertz CT molecular complexity index is 678. The Hall–Kier alpha value is -1.69. The maximum absolute atomic E-state index is 12.0. The number of aromatic carboxylic acids is 1. The van der Waals surface area contributed by atoms with Crippen molar-refractivity contribution in [3.63, 3.8) is 0 Å². The molecule has 0 spiro atoms. The van der Waals surface area contributed by atoms with E-state index in [1.165, 1.54) is 24.3 Å². The summed E-state index contributed by atoms with van der Waals surface area (Å²) in [7, 11) is 0. The molecule has 1 aromatic heterocycles. The van der Waals surface area contributed by atoms with Crippen molar-refractivity contribution in [3.8, 4) is 0 Å². The Balaban J connectivity index is 2.33. The molecule has 0 unspecified atom stereocenters. The molecule has 8 heteroatoms. The third-order valence-corrected chi connectivity index (χ3v) is 3.45. The van der Waals surface area contributed by atoms with Gasteiger partial charge in [0.1, 0.15) is 16.4 Å². The minimum Gasteiger partial charge on any atom is -0.478 e. The Morgan fingerprint density at radius 1 is 1.15 bits per heavy atom. The van der Waals surface area contributed by atoms with E-state index < -0.39 is 11.9 Å². The van der Waals surface area contributed by atoms with Gasteiger partial charge >= 0.3 is 5.97 Å². The first-order valence-corrected chi connectivity index (χ1v) is 6.40. The molecule has 20 heavy (non-hydrogen) atoms. The molecule has 2 rings (SSSR count). The average Bonchev–Trinajstić information content (AvgIpc) is 2.69. The highest BCUT2D eigenvalue weighted by molar-refractivity contribution is 6.41. The first kappa shape index (κ1) is 14.7. The van der Waals surface area contributed by atoms with Crippen molar-refractivity contribution < 1.29 is 14.7 Å². The standard InChI is InChI=1S/C12H7Cl3N2O3/c13-5-2-1-3-7(9(5)12(19)20)17-11(18)8-4-6(14)10(15)16-8/h1-4,16H,(H,17,18)(H,19,20). The van der Waals surface area contributed by atoms with Gasteiger partial charge in [-0.15, -0.1) is 0 Å². The molecule has 2 aromatic rings. The molecule has 0 saturated heterocycles. The molecule has 5 nitrogen and oxygen atoms in total. The number of aromatic nitrogens is 1. The predicted octanol–water partition coefficient (Wildman–Crippen LogP) is 3.93. The molecule has 1 aromatic carbocycles. The van der Waals surface area contributed by atoms with E-state index in [9.17, 15) is 9.59 Å². The van der Waals surface area contributed by atoms with Crippen LogP contribution in [0, 0.1) is 0 Å². The third-order valence-electron chi connectivity index (χ3n) is 2.45. The van der Waals surface area contributed by atoms with Crippen LogP contribution in [0.15, 0.2) is 24.3 Å². The van der Waals surface area contributed by atoms with Crippen LogP contribution in [-0.4, -0.2) is 22.0 Å². The zero-order chi connectivity index (χ0) is 14.9. The van der Waals surface area contributed by atoms with Crippen molar-refractivity contribution in [1.82, 2.24) is 4.98 Å². The zero-order valence-corrected chi connectivity index (χ0v) is 12.0. The molecule has 0 fully saturated rings. The number of carbonyl (C=O) groups excluding carboxylic acids is 1. The largest absolute Gasteiger partial charge is 0.478 e. The van der Waals surface area contributed by atoms with Gasteiger partial charge in [0.2, 0.25) is 0 Å². The van der Waals surface area contributed by atoms with E-state index >= 15 is 0 Å². The number of amides is 1. The summed E-state index contributed by atoms with van der Waals surface area (Å²) in [4.78, 5) is 25.7. The van der Waals surface area contributed by atoms with Crippen LogP contribution in [0.25, 0.3) is 0 Å². The van der Waals surface area contributed by atoms with Gasteiger partial charge in [0.15, 0.2) is 0 Å². The van der Waals surface area contributed by atoms with Gasteiger partial charge in [0, 0.05) is 0 Å². The van der Waals surface area contributed by atoms with E-state index in [1.807, 2.05) is 0 Å². The highest BCUT2D eigenvalue weighted by Gasteiger charge is 2.18. The molecular weight excluding hydrogens is 327 g/mol. The van der Waals surface area contributed by atoms with Crippen LogP contribution < -0.4 is 5.32 Å². The molecule has 1 heterocycles. The Morgan fingerprint density at radius 3 is 2.40 bits per heavy atom. The zero-order valence-electron chi connectivity index (χ0n) is 9.71. The van der Waals surface area contributed by atoms with Crippen LogP contribution in [0.3, 0.4) is 0 Å². The minimum absolute atomic E-state index is 0.0258. The number of anilines is 1. The quantitative estimate of drug-likeness (QED) is 0.796. The molecule has 0 aliphatic heterocycles. The Kier molecular flexibility index (Phi) is 4.23. The summed E-state index contributed by atoms with van der Waals surface area (Å²) < 4.78 is 0. The second-order valence-electron chi connectivity index (χ2n) is 3.77. The van der Waals surface area contributed by atoms with Crippen molar-refractivity contribution in [1.29, 1.82) is 0 Å². The lowest BCUT2D eigenvalue weighted by Gasteiger charge is -2.08. The van der Waals surface area contributed by atoms with E-state index in [0.29, 0.717) is 0 Å². The summed E-state index contributed by atoms with van der Waals surface area (Å²) >= 11 is 17.2. The number of halogens is 3. The number of carboxylic acid groups (broad SMARTS) is 1. The van der Waals surface area contributed by atoms with Crippen LogP contribution >= 0.6 is 34.8 Å². The SMILES string of the molecule is O=C(Nc1cccc(Cl)c1C(=O)O)c1cc(Cl)c(Cl)[nH]1. The van der Waals surface area contributed by atoms with Crippen LogP contribution in [0.4, 0.5) is 5.69 Å². The number of aromatic amines is 1. The van der Waals surface area contributed by atoms with Crippen LogP contribution in [0.2, 0.25) is 15.2 Å². The fourth-order valence-electron chi connectivity index (χ4n) is 1.56. The molecule has 3 N–H and O–H groups in total. The summed E-state index contributed by atoms with van der Waals surface area (Å²) in [6, 6.07) is 5.71. The first-order chi connectivity index (χ1) is 9.40. The second kappa shape index (κ2) is 5.75. The van der Waals surface area contributed by atoms with Gasteiger partial charge in [-0.25, -0.2) is 4.79 Å². The van der Waals surface area contributed by atoms with Gasteiger partial charge in [-0.1, -0.05) is 40.9 Å². The van der Waals surface area contributed by atoms with Gasteiger partial charge in [-0.05, 0) is 18.2 Å². The molecule has 0 bridgehead atoms. The number of carboxylic acids is 1. The maximum Gasteiger partial charge on any atom is 0.339 e. The van der Waals surface area contributed by atoms with Crippen molar-refractivity contribution in [2.45, 2.75) is 0 Å². The van der Waals surface area contributed by atoms with Crippen molar-refractivity contribution in [3.05, 3.63) is 50.7 Å². The molecule has 0 radical (unpaired) electrons. The summed E-state index contributed by atoms with van der Waals surface area (Å²) in [5, 5.41) is 11.9. The normalized spacial score (nSPS) is 10.3. The third kappa shape index (κ3) is 2.90. The molecule has 0 aliphatic rings. The lowest BCUT2D eigenvalue weighted by atomic mass is 10.1. The number of hydrogen-bond donors (Lipinski definition) is 3. The van der Waals surface area contributed by atoms with Gasteiger partial charge in [0.05, 0.1) is 15.7 Å². The maximum atomic E-state index is 12.0. The van der Waals surface area contributed by atoms with E-state index in [4.69, 9.17) is 39.9 Å². The van der Waals surface area contributed by atoms with E-state index in [0.717, 1.165) is 0 Å². The monoisotopic (exact) mass is 332 g/mol. The number of carbonyl (C=O) groups is 2. The number of rotatable bonds is 3. The predicted molar refractivity (Wildman–Crippen MR) is 77.2 cm³/mol. The highest BCUT2D eigenvalue weighted by atomic mass is 35.5. The molecule has 0 atom stereocenters. The van der Waals surface area contributed by atoms with Gasteiger partial charge < -0.3 is 15.4 Å². The molecule has 0 aliphatic carbocycles. The van der Waals surface area contributed by atoms with E-state index in [-0.39, 0.29) is 32.1 Å². The number of hydrogen-bond acceptors (Lipinski definition) is 2. The summed E-state index contributed by atoms with van der Waals surface area (Å²) in [6.07, 6.45) is 0. The van der Waals surface area contributed by atoms with Gasteiger partial charge in [-0.3, -0.25) is 4.79 Å². The lowest BCUT2D eigenvalue weighted by Crippen LogP contribution is -2.15. The van der Waals surface area contributed by atoms with Gasteiger partial charge in [0.25, 0.3) is 5.91 Å². The second-order valence-corrected chi connectivity index (χ2v) is 4.96.